The average Bonchev–Trinajstić information content (AvgIpc) is 2.21. The highest BCUT2D eigenvalue weighted by molar-refractivity contribution is 6.30. The van der Waals surface area contributed by atoms with Gasteiger partial charge >= 0.3 is 0 Å². The van der Waals surface area contributed by atoms with E-state index in [9.17, 15) is 0 Å². The number of methoxy groups -OCH3 is 1. The third-order valence-electron chi connectivity index (χ3n) is 2.45. The van der Waals surface area contributed by atoms with E-state index in [0.29, 0.717) is 0 Å². The molecule has 0 aromatic heterocycles. The molecule has 0 heterocycles. The van der Waals surface area contributed by atoms with Gasteiger partial charge in [-0.15, -0.1) is 0 Å². The maximum absolute atomic E-state index is 6.01. The van der Waals surface area contributed by atoms with Gasteiger partial charge in [0.05, 0.1) is 6.10 Å². The molecule has 0 saturated heterocycles. The molecular formula is C12H18ClNO. The second-order valence-corrected chi connectivity index (χ2v) is 4.31. The molecule has 1 aromatic carbocycles. The Kier molecular flexibility index (Phi) is 5.09. The van der Waals surface area contributed by atoms with Gasteiger partial charge in [-0.1, -0.05) is 23.7 Å². The summed E-state index contributed by atoms with van der Waals surface area (Å²) in [7, 11) is 1.71. The molecule has 15 heavy (non-hydrogen) atoms. The lowest BCUT2D eigenvalue weighted by Gasteiger charge is -2.16. The Labute approximate surface area is 96.4 Å². The van der Waals surface area contributed by atoms with Crippen molar-refractivity contribution in [3.63, 3.8) is 0 Å². The summed E-state index contributed by atoms with van der Waals surface area (Å²) in [6.45, 7) is 2.03. The number of benzene rings is 1. The number of nitrogens with two attached hydrogens (primary N) is 1. The molecule has 0 spiro atoms. The lowest BCUT2D eigenvalue weighted by atomic mass is 10.0. The van der Waals surface area contributed by atoms with Crippen LogP contribution >= 0.6 is 11.6 Å². The van der Waals surface area contributed by atoms with Crippen LogP contribution in [0.2, 0.25) is 5.02 Å². The van der Waals surface area contributed by atoms with Crippen LogP contribution in [-0.4, -0.2) is 19.3 Å². The summed E-state index contributed by atoms with van der Waals surface area (Å²) in [5.74, 6) is 0. The Morgan fingerprint density at radius 1 is 1.33 bits per heavy atom. The van der Waals surface area contributed by atoms with Gasteiger partial charge in [-0.05, 0) is 37.5 Å². The molecule has 0 radical (unpaired) electrons. The number of ether oxygens (including phenoxy) is 1. The summed E-state index contributed by atoms with van der Waals surface area (Å²) in [4.78, 5) is 0. The van der Waals surface area contributed by atoms with Crippen molar-refractivity contribution in [2.24, 2.45) is 5.73 Å². The molecule has 3 heteroatoms. The van der Waals surface area contributed by atoms with Crippen LogP contribution in [-0.2, 0) is 11.2 Å². The second-order valence-electron chi connectivity index (χ2n) is 3.87. The van der Waals surface area contributed by atoms with Crippen LogP contribution in [0, 0.1) is 0 Å². The molecule has 0 aliphatic rings. The highest BCUT2D eigenvalue weighted by Crippen LogP contribution is 2.12. The molecule has 0 aliphatic carbocycles. The van der Waals surface area contributed by atoms with Crippen LogP contribution < -0.4 is 5.73 Å². The van der Waals surface area contributed by atoms with E-state index >= 15 is 0 Å². The first kappa shape index (κ1) is 12.5. The predicted molar refractivity (Wildman–Crippen MR) is 64.2 cm³/mol. The first-order chi connectivity index (χ1) is 7.11. The standard InChI is InChI=1S/C12H18ClNO/c1-9(15-2)7-12(14)8-10-3-5-11(13)6-4-10/h3-6,9,12H,7-8,14H2,1-2H3. The van der Waals surface area contributed by atoms with Gasteiger partial charge < -0.3 is 10.5 Å². The first-order valence-corrected chi connectivity index (χ1v) is 5.52. The van der Waals surface area contributed by atoms with Gasteiger partial charge in [0.2, 0.25) is 0 Å². The maximum Gasteiger partial charge on any atom is 0.0558 e. The molecule has 0 amide bonds. The van der Waals surface area contributed by atoms with E-state index in [1.807, 2.05) is 31.2 Å². The zero-order valence-electron chi connectivity index (χ0n) is 9.24. The third kappa shape index (κ3) is 4.65. The molecule has 1 rings (SSSR count). The van der Waals surface area contributed by atoms with Gasteiger partial charge in [0.15, 0.2) is 0 Å². The molecule has 2 N–H and O–H groups in total. The Morgan fingerprint density at radius 2 is 1.93 bits per heavy atom. The Morgan fingerprint density at radius 3 is 2.47 bits per heavy atom. The van der Waals surface area contributed by atoms with E-state index in [-0.39, 0.29) is 12.1 Å². The number of hydrogen-bond donors (Lipinski definition) is 1. The minimum Gasteiger partial charge on any atom is -0.382 e. The second kappa shape index (κ2) is 6.11. The van der Waals surface area contributed by atoms with Crippen molar-refractivity contribution in [3.05, 3.63) is 34.9 Å². The minimum absolute atomic E-state index is 0.140. The van der Waals surface area contributed by atoms with Crippen molar-refractivity contribution < 1.29 is 4.74 Å². The van der Waals surface area contributed by atoms with E-state index in [1.54, 1.807) is 7.11 Å². The zero-order chi connectivity index (χ0) is 11.3. The fourth-order valence-electron chi connectivity index (χ4n) is 1.53. The third-order valence-corrected chi connectivity index (χ3v) is 2.70. The highest BCUT2D eigenvalue weighted by atomic mass is 35.5. The van der Waals surface area contributed by atoms with Crippen molar-refractivity contribution in [3.8, 4) is 0 Å². The quantitative estimate of drug-likeness (QED) is 0.840. The van der Waals surface area contributed by atoms with Crippen LogP contribution in [0.5, 0.6) is 0 Å². The maximum atomic E-state index is 6.01. The first-order valence-electron chi connectivity index (χ1n) is 5.14. The molecule has 0 saturated carbocycles. The largest absolute Gasteiger partial charge is 0.382 e. The highest BCUT2D eigenvalue weighted by Gasteiger charge is 2.08. The molecular weight excluding hydrogens is 210 g/mol. The summed E-state index contributed by atoms with van der Waals surface area (Å²) in [6.07, 6.45) is 1.96. The van der Waals surface area contributed by atoms with Crippen LogP contribution in [0.3, 0.4) is 0 Å². The molecule has 0 fully saturated rings. The van der Waals surface area contributed by atoms with Gasteiger partial charge in [-0.3, -0.25) is 0 Å². The zero-order valence-corrected chi connectivity index (χ0v) is 10.00. The van der Waals surface area contributed by atoms with Crippen molar-refractivity contribution >= 4 is 11.6 Å². The van der Waals surface area contributed by atoms with E-state index in [2.05, 4.69) is 0 Å². The molecule has 0 bridgehead atoms. The number of halogens is 1. The van der Waals surface area contributed by atoms with Gasteiger partial charge in [-0.25, -0.2) is 0 Å². The van der Waals surface area contributed by atoms with Crippen LogP contribution in [0.4, 0.5) is 0 Å². The van der Waals surface area contributed by atoms with E-state index in [1.165, 1.54) is 5.56 Å². The molecule has 2 unspecified atom stereocenters. The molecule has 0 aliphatic heterocycles. The van der Waals surface area contributed by atoms with Crippen LogP contribution in [0.25, 0.3) is 0 Å². The van der Waals surface area contributed by atoms with Crippen molar-refractivity contribution in [1.82, 2.24) is 0 Å². The van der Waals surface area contributed by atoms with Crippen LogP contribution in [0.15, 0.2) is 24.3 Å². The fraction of sp³-hybridized carbons (Fsp3) is 0.500. The minimum atomic E-state index is 0.140. The summed E-state index contributed by atoms with van der Waals surface area (Å²) in [6, 6.07) is 7.95. The van der Waals surface area contributed by atoms with Gasteiger partial charge in [0, 0.05) is 18.2 Å². The summed E-state index contributed by atoms with van der Waals surface area (Å²) in [5, 5.41) is 0.762. The van der Waals surface area contributed by atoms with E-state index in [4.69, 9.17) is 22.1 Å². The summed E-state index contributed by atoms with van der Waals surface area (Å²) >= 11 is 5.80. The number of hydrogen-bond acceptors (Lipinski definition) is 2. The SMILES string of the molecule is COC(C)CC(N)Cc1ccc(Cl)cc1. The smallest absolute Gasteiger partial charge is 0.0558 e. The Hall–Kier alpha value is -0.570. The Balaban J connectivity index is 2.44. The number of rotatable bonds is 5. The van der Waals surface area contributed by atoms with E-state index in [0.717, 1.165) is 17.9 Å². The lowest BCUT2D eigenvalue weighted by Crippen LogP contribution is -2.27. The lowest BCUT2D eigenvalue weighted by molar-refractivity contribution is 0.104. The molecule has 2 atom stereocenters. The van der Waals surface area contributed by atoms with Crippen molar-refractivity contribution in [2.45, 2.75) is 31.9 Å². The Bertz CT molecular complexity index is 286. The fourth-order valence-corrected chi connectivity index (χ4v) is 1.66. The van der Waals surface area contributed by atoms with Crippen molar-refractivity contribution in [1.29, 1.82) is 0 Å². The van der Waals surface area contributed by atoms with Crippen molar-refractivity contribution in [2.75, 3.05) is 7.11 Å². The topological polar surface area (TPSA) is 35.2 Å². The van der Waals surface area contributed by atoms with Gasteiger partial charge in [0.25, 0.3) is 0 Å². The predicted octanol–water partition coefficient (Wildman–Crippen LogP) is 2.63. The monoisotopic (exact) mass is 227 g/mol. The van der Waals surface area contributed by atoms with Gasteiger partial charge in [-0.2, -0.15) is 0 Å². The summed E-state index contributed by atoms with van der Waals surface area (Å²) < 4.78 is 5.18. The normalized spacial score (nSPS) is 14.9. The average molecular weight is 228 g/mol. The van der Waals surface area contributed by atoms with E-state index < -0.39 is 0 Å². The van der Waals surface area contributed by atoms with Crippen LogP contribution in [0.1, 0.15) is 18.9 Å². The van der Waals surface area contributed by atoms with Gasteiger partial charge in [0.1, 0.15) is 0 Å². The molecule has 1 aromatic rings. The molecule has 2 nitrogen and oxygen atoms in total. The summed E-state index contributed by atoms with van der Waals surface area (Å²) in [5.41, 5.74) is 7.23. The molecule has 84 valence electrons.